The van der Waals surface area contributed by atoms with Crippen LogP contribution in [0.4, 0.5) is 5.69 Å². The van der Waals surface area contributed by atoms with Gasteiger partial charge in [-0.2, -0.15) is 0 Å². The molecule has 1 aromatic carbocycles. The van der Waals surface area contributed by atoms with E-state index in [9.17, 15) is 4.79 Å². The maximum atomic E-state index is 12.2. The summed E-state index contributed by atoms with van der Waals surface area (Å²) in [5.74, 6) is 0.0929. The molecule has 4 nitrogen and oxygen atoms in total. The van der Waals surface area contributed by atoms with E-state index >= 15 is 0 Å². The lowest BCUT2D eigenvalue weighted by Crippen LogP contribution is -2.31. The molecule has 2 aromatic rings. The van der Waals surface area contributed by atoms with Crippen LogP contribution < -0.4 is 5.32 Å². The maximum absolute atomic E-state index is 12.2. The molecule has 0 saturated carbocycles. The fraction of sp³-hybridized carbons (Fsp3) is 0.263. The van der Waals surface area contributed by atoms with Gasteiger partial charge in [-0.1, -0.05) is 29.8 Å². The van der Waals surface area contributed by atoms with Crippen LogP contribution in [0.25, 0.3) is 0 Å². The first-order valence-electron chi connectivity index (χ1n) is 7.95. The smallest absolute Gasteiger partial charge is 0.338 e. The third kappa shape index (κ3) is 2.29. The summed E-state index contributed by atoms with van der Waals surface area (Å²) in [5.41, 5.74) is 3.30. The highest BCUT2D eigenvalue weighted by atomic mass is 35.5. The van der Waals surface area contributed by atoms with E-state index in [2.05, 4.69) is 22.5 Å². The molecule has 0 bridgehead atoms. The molecule has 1 aliphatic carbocycles. The molecule has 1 aliphatic heterocycles. The van der Waals surface area contributed by atoms with E-state index in [1.807, 2.05) is 18.2 Å². The lowest BCUT2D eigenvalue weighted by molar-refractivity contribution is 0.0598. The van der Waals surface area contributed by atoms with Crippen LogP contribution in [-0.4, -0.2) is 18.1 Å². The molecule has 5 heteroatoms. The zero-order valence-electron chi connectivity index (χ0n) is 13.2. The number of aromatic nitrogens is 1. The lowest BCUT2D eigenvalue weighted by atomic mass is 9.76. The molecule has 1 aromatic heterocycles. The van der Waals surface area contributed by atoms with Gasteiger partial charge in [-0.3, -0.25) is 4.98 Å². The van der Waals surface area contributed by atoms with Crippen LogP contribution >= 0.6 is 11.6 Å². The van der Waals surface area contributed by atoms with Crippen molar-refractivity contribution in [2.75, 3.05) is 12.4 Å². The van der Waals surface area contributed by atoms with E-state index in [0.29, 0.717) is 16.5 Å². The van der Waals surface area contributed by atoms with Gasteiger partial charge in [-0.25, -0.2) is 4.79 Å². The predicted molar refractivity (Wildman–Crippen MR) is 93.4 cm³/mol. The second kappa shape index (κ2) is 5.95. The van der Waals surface area contributed by atoms with E-state index in [0.717, 1.165) is 23.4 Å². The zero-order valence-corrected chi connectivity index (χ0v) is 14.0. The summed E-state index contributed by atoms with van der Waals surface area (Å²) < 4.78 is 4.96. The Morgan fingerprint density at radius 1 is 1.33 bits per heavy atom. The van der Waals surface area contributed by atoms with Gasteiger partial charge in [0.25, 0.3) is 0 Å². The Hall–Kier alpha value is -2.33. The summed E-state index contributed by atoms with van der Waals surface area (Å²) in [6.45, 7) is 0. The first-order chi connectivity index (χ1) is 11.7. The number of nitrogens with one attached hydrogen (secondary N) is 1. The summed E-state index contributed by atoms with van der Waals surface area (Å²) in [6, 6.07) is 9.48. The van der Waals surface area contributed by atoms with Gasteiger partial charge in [0.05, 0.1) is 35.1 Å². The highest BCUT2D eigenvalue weighted by molar-refractivity contribution is 6.33. The van der Waals surface area contributed by atoms with Crippen molar-refractivity contribution in [3.05, 3.63) is 70.5 Å². The molecule has 2 heterocycles. The molecule has 2 aliphatic rings. The number of pyridine rings is 1. The van der Waals surface area contributed by atoms with Crippen LogP contribution in [0, 0.1) is 5.92 Å². The number of carbonyl (C=O) groups is 1. The number of rotatable bonds is 2. The first-order valence-corrected chi connectivity index (χ1v) is 8.33. The van der Waals surface area contributed by atoms with Crippen LogP contribution in [0.2, 0.25) is 5.02 Å². The van der Waals surface area contributed by atoms with E-state index in [4.69, 9.17) is 16.3 Å². The minimum atomic E-state index is -0.333. The van der Waals surface area contributed by atoms with Crippen molar-refractivity contribution in [2.45, 2.75) is 18.4 Å². The average molecular weight is 341 g/mol. The summed E-state index contributed by atoms with van der Waals surface area (Å²) in [7, 11) is 1.40. The molecule has 0 fully saturated rings. The summed E-state index contributed by atoms with van der Waals surface area (Å²) in [4.78, 5) is 16.7. The number of benzene rings is 1. The average Bonchev–Trinajstić information content (AvgIpc) is 3.11. The predicted octanol–water partition coefficient (Wildman–Crippen LogP) is 4.35. The van der Waals surface area contributed by atoms with Crippen molar-refractivity contribution < 1.29 is 9.53 Å². The number of esters is 1. The zero-order chi connectivity index (χ0) is 16.7. The molecule has 24 heavy (non-hydrogen) atoms. The number of allylic oxidation sites excluding steroid dienone is 2. The van der Waals surface area contributed by atoms with Gasteiger partial charge >= 0.3 is 5.97 Å². The maximum Gasteiger partial charge on any atom is 0.338 e. The van der Waals surface area contributed by atoms with E-state index in [-0.39, 0.29) is 17.9 Å². The number of hydrogen-bond acceptors (Lipinski definition) is 4. The van der Waals surface area contributed by atoms with E-state index in [1.54, 1.807) is 18.3 Å². The molecular weight excluding hydrogens is 324 g/mol. The lowest BCUT2D eigenvalue weighted by Gasteiger charge is -2.38. The number of methoxy groups -OCH3 is 1. The molecule has 122 valence electrons. The molecule has 1 N–H and O–H groups in total. The quantitative estimate of drug-likeness (QED) is 0.652. The minimum Gasteiger partial charge on any atom is -0.465 e. The normalized spacial score (nSPS) is 24.0. The van der Waals surface area contributed by atoms with Crippen LogP contribution in [0.15, 0.2) is 48.7 Å². The van der Waals surface area contributed by atoms with Gasteiger partial charge in [-0.05, 0) is 42.2 Å². The number of ether oxygens (including phenoxy) is 1. The molecular formula is C19H17ClN2O2. The number of fused-ring (bicyclic) bond motifs is 3. The molecule has 0 unspecified atom stereocenters. The summed E-state index contributed by atoms with van der Waals surface area (Å²) in [6.07, 6.45) is 7.08. The van der Waals surface area contributed by atoms with Crippen molar-refractivity contribution in [1.29, 1.82) is 0 Å². The van der Waals surface area contributed by atoms with Crippen molar-refractivity contribution >= 4 is 23.3 Å². The molecule has 0 amide bonds. The fourth-order valence-electron chi connectivity index (χ4n) is 3.81. The number of hydrogen-bond donors (Lipinski definition) is 1. The van der Waals surface area contributed by atoms with Crippen molar-refractivity contribution in [3.63, 3.8) is 0 Å². The SMILES string of the molecule is COC(=O)c1ccc(Cl)c2c1[C@@H]1C=CC[C@H]1[C@H](c1ccccn1)N2. The van der Waals surface area contributed by atoms with E-state index in [1.165, 1.54) is 7.11 Å². The third-order valence-electron chi connectivity index (χ3n) is 4.88. The Morgan fingerprint density at radius 3 is 2.96 bits per heavy atom. The van der Waals surface area contributed by atoms with Gasteiger partial charge in [-0.15, -0.1) is 0 Å². The second-order valence-corrected chi connectivity index (χ2v) is 6.51. The number of carbonyl (C=O) groups excluding carboxylic acids is 1. The summed E-state index contributed by atoms with van der Waals surface area (Å²) >= 11 is 6.45. The van der Waals surface area contributed by atoms with E-state index < -0.39 is 0 Å². The molecule has 3 atom stereocenters. The van der Waals surface area contributed by atoms with Crippen LogP contribution in [0.5, 0.6) is 0 Å². The fourth-order valence-corrected chi connectivity index (χ4v) is 4.03. The van der Waals surface area contributed by atoms with Gasteiger partial charge in [0.2, 0.25) is 0 Å². The largest absolute Gasteiger partial charge is 0.465 e. The topological polar surface area (TPSA) is 51.2 Å². The molecule has 4 rings (SSSR count). The number of halogens is 1. The minimum absolute atomic E-state index is 0.0593. The highest BCUT2D eigenvalue weighted by Gasteiger charge is 2.41. The highest BCUT2D eigenvalue weighted by Crippen LogP contribution is 2.52. The van der Waals surface area contributed by atoms with Gasteiger partial charge in [0.15, 0.2) is 0 Å². The molecule has 0 saturated heterocycles. The Bertz CT molecular complexity index is 820. The number of nitrogens with zero attached hydrogens (tertiary/aromatic N) is 1. The van der Waals surface area contributed by atoms with Crippen molar-refractivity contribution in [2.24, 2.45) is 5.92 Å². The summed E-state index contributed by atoms with van der Waals surface area (Å²) in [5, 5.41) is 4.14. The van der Waals surface area contributed by atoms with Crippen molar-refractivity contribution in [1.82, 2.24) is 4.98 Å². The molecule has 0 spiro atoms. The second-order valence-electron chi connectivity index (χ2n) is 6.11. The van der Waals surface area contributed by atoms with Gasteiger partial charge in [0.1, 0.15) is 0 Å². The first kappa shape index (κ1) is 15.2. The van der Waals surface area contributed by atoms with Crippen molar-refractivity contribution in [3.8, 4) is 0 Å². The Labute approximate surface area is 145 Å². The van der Waals surface area contributed by atoms with Crippen LogP contribution in [0.1, 0.15) is 40.0 Å². The Kier molecular flexibility index (Phi) is 3.77. The molecule has 0 radical (unpaired) electrons. The van der Waals surface area contributed by atoms with Gasteiger partial charge in [0, 0.05) is 12.1 Å². The van der Waals surface area contributed by atoms with Crippen LogP contribution in [0.3, 0.4) is 0 Å². The van der Waals surface area contributed by atoms with Crippen LogP contribution in [-0.2, 0) is 4.74 Å². The Balaban J connectivity index is 1.87. The Morgan fingerprint density at radius 2 is 2.21 bits per heavy atom. The number of anilines is 1. The monoisotopic (exact) mass is 340 g/mol. The standard InChI is InChI=1S/C19H17ClN2O2/c1-24-19(23)13-8-9-14(20)18-16(13)11-5-4-6-12(11)17(22-18)15-7-2-3-10-21-15/h2-5,7-12,17,22H,6H2,1H3/t11-,12-,17-/m1/s1. The third-order valence-corrected chi connectivity index (χ3v) is 5.20. The van der Waals surface area contributed by atoms with Gasteiger partial charge < -0.3 is 10.1 Å².